The van der Waals surface area contributed by atoms with Crippen molar-refractivity contribution in [1.82, 2.24) is 39.0 Å². The first-order valence-corrected chi connectivity index (χ1v) is 9.04. The van der Waals surface area contributed by atoms with Gasteiger partial charge in [-0.3, -0.25) is 0 Å². The number of anilines is 3. The molecule has 4 rings (SSSR count). The normalized spacial score (nSPS) is 9.69. The number of hydrogen-bond acceptors (Lipinski definition) is 8. The van der Waals surface area contributed by atoms with Gasteiger partial charge < -0.3 is 20.2 Å². The Balaban J connectivity index is 0.000000170. The van der Waals surface area contributed by atoms with E-state index in [-0.39, 0.29) is 0 Å². The van der Waals surface area contributed by atoms with Crippen LogP contribution in [0.2, 0.25) is 15.5 Å². The Morgan fingerprint density at radius 2 is 1.28 bits per heavy atom. The van der Waals surface area contributed by atoms with E-state index in [9.17, 15) is 0 Å². The molecule has 0 unspecified atom stereocenters. The van der Waals surface area contributed by atoms with E-state index < -0.39 is 0 Å². The molecule has 0 fully saturated rings. The lowest BCUT2D eigenvalue weighted by Crippen LogP contribution is -1.94. The molecule has 4 aromatic rings. The fraction of sp³-hybridized carbons (Fsp3) is 0.125. The topological polar surface area (TPSA) is 125 Å². The molecule has 0 aromatic carbocycles. The molecule has 4 heterocycles. The first-order chi connectivity index (χ1) is 13.8. The summed E-state index contributed by atoms with van der Waals surface area (Å²) < 4.78 is 3.64. The number of aryl methyl sites for hydroxylation is 2. The van der Waals surface area contributed by atoms with Gasteiger partial charge in [0.25, 0.3) is 0 Å². The van der Waals surface area contributed by atoms with Gasteiger partial charge in [-0.15, -0.1) is 0 Å². The van der Waals surface area contributed by atoms with E-state index in [1.165, 1.54) is 18.7 Å². The van der Waals surface area contributed by atoms with Crippen LogP contribution in [0.25, 0.3) is 0 Å². The van der Waals surface area contributed by atoms with Crippen LogP contribution in [0.4, 0.5) is 17.5 Å². The van der Waals surface area contributed by atoms with Crippen LogP contribution >= 0.6 is 34.8 Å². The standard InChI is InChI=1S/C8H8ClN5.C4H2Cl2N2.C4H7N3/c1-14-3-8(12-5-14)13-7-2-6(9)10-4-11-7;5-3-1-4(6)8-2-7-3;1-7-2-4(5)6-3-7/h2-5H,1H3,(H,10,11,13);1-2H;2-3H,5H2,1H3. The molecule has 0 radical (unpaired) electrons. The third-order valence-electron chi connectivity index (χ3n) is 2.92. The Morgan fingerprint density at radius 3 is 1.66 bits per heavy atom. The molecule has 0 aliphatic rings. The van der Waals surface area contributed by atoms with Gasteiger partial charge in [0.05, 0.1) is 12.7 Å². The lowest BCUT2D eigenvalue weighted by molar-refractivity contribution is 0.913. The van der Waals surface area contributed by atoms with Crippen molar-refractivity contribution in [3.8, 4) is 0 Å². The highest BCUT2D eigenvalue weighted by molar-refractivity contribution is 6.33. The van der Waals surface area contributed by atoms with Crippen molar-refractivity contribution in [2.75, 3.05) is 11.1 Å². The van der Waals surface area contributed by atoms with E-state index in [0.717, 1.165) is 5.82 Å². The van der Waals surface area contributed by atoms with Crippen molar-refractivity contribution in [2.24, 2.45) is 14.1 Å². The minimum atomic E-state index is 0.366. The third kappa shape index (κ3) is 8.73. The molecule has 0 atom stereocenters. The minimum absolute atomic E-state index is 0.366. The van der Waals surface area contributed by atoms with Gasteiger partial charge in [-0.2, -0.15) is 0 Å². The van der Waals surface area contributed by atoms with Gasteiger partial charge in [0.15, 0.2) is 0 Å². The molecule has 0 aliphatic carbocycles. The summed E-state index contributed by atoms with van der Waals surface area (Å²) in [5.41, 5.74) is 5.25. The van der Waals surface area contributed by atoms with E-state index in [4.69, 9.17) is 40.5 Å². The van der Waals surface area contributed by atoms with Crippen LogP contribution in [0, 0.1) is 0 Å². The van der Waals surface area contributed by atoms with Gasteiger partial charge in [0, 0.05) is 38.6 Å². The van der Waals surface area contributed by atoms with Gasteiger partial charge >= 0.3 is 0 Å². The number of nitrogen functional groups attached to an aromatic ring is 1. The van der Waals surface area contributed by atoms with Gasteiger partial charge in [0.2, 0.25) is 0 Å². The molecule has 13 heteroatoms. The van der Waals surface area contributed by atoms with Crippen LogP contribution in [0.3, 0.4) is 0 Å². The van der Waals surface area contributed by atoms with Crippen molar-refractivity contribution in [3.63, 3.8) is 0 Å². The summed E-state index contributed by atoms with van der Waals surface area (Å²) in [6, 6.07) is 3.11. The first-order valence-electron chi connectivity index (χ1n) is 7.91. The number of nitrogens with one attached hydrogen (secondary N) is 1. The van der Waals surface area contributed by atoms with Crippen molar-refractivity contribution >= 4 is 52.3 Å². The highest BCUT2D eigenvalue weighted by Crippen LogP contribution is 2.13. The molecular formula is C16H17Cl3N10. The summed E-state index contributed by atoms with van der Waals surface area (Å²) >= 11 is 16.5. The van der Waals surface area contributed by atoms with Crippen LogP contribution in [-0.4, -0.2) is 39.0 Å². The summed E-state index contributed by atoms with van der Waals surface area (Å²) in [6.07, 6.45) is 9.66. The molecule has 0 bridgehead atoms. The average molecular weight is 456 g/mol. The second-order valence-corrected chi connectivity index (χ2v) is 6.56. The van der Waals surface area contributed by atoms with E-state index in [1.807, 2.05) is 24.9 Å². The predicted molar refractivity (Wildman–Crippen MR) is 113 cm³/mol. The maximum atomic E-state index is 5.70. The molecule has 0 aliphatic heterocycles. The van der Waals surface area contributed by atoms with Gasteiger partial charge in [-0.1, -0.05) is 34.8 Å². The summed E-state index contributed by atoms with van der Waals surface area (Å²) in [6.45, 7) is 0. The average Bonchev–Trinajstić information content (AvgIpc) is 3.23. The van der Waals surface area contributed by atoms with Crippen LogP contribution < -0.4 is 11.1 Å². The predicted octanol–water partition coefficient (Wildman–Crippen LogP) is 3.39. The molecule has 10 nitrogen and oxygen atoms in total. The van der Waals surface area contributed by atoms with Crippen LogP contribution in [0.15, 0.2) is 49.8 Å². The first kappa shape index (κ1) is 22.3. The molecule has 4 aromatic heterocycles. The number of aromatic nitrogens is 8. The zero-order valence-corrected chi connectivity index (χ0v) is 17.7. The van der Waals surface area contributed by atoms with Crippen LogP contribution in [-0.2, 0) is 14.1 Å². The summed E-state index contributed by atoms with van der Waals surface area (Å²) in [7, 11) is 3.77. The zero-order valence-electron chi connectivity index (χ0n) is 15.4. The second kappa shape index (κ2) is 11.1. The Morgan fingerprint density at radius 1 is 0.724 bits per heavy atom. The Bertz CT molecular complexity index is 999. The van der Waals surface area contributed by atoms with E-state index in [2.05, 4.69) is 35.2 Å². The number of nitrogens with zero attached hydrogens (tertiary/aromatic N) is 8. The summed E-state index contributed by atoms with van der Waals surface area (Å²) in [4.78, 5) is 22.8. The highest BCUT2D eigenvalue weighted by Gasteiger charge is 1.99. The quantitative estimate of drug-likeness (QED) is 0.441. The molecule has 0 saturated carbocycles. The smallest absolute Gasteiger partial charge is 0.149 e. The number of halogens is 3. The lowest BCUT2D eigenvalue weighted by Gasteiger charge is -2.00. The number of imidazole rings is 2. The molecule has 3 N–H and O–H groups in total. The van der Waals surface area contributed by atoms with Gasteiger partial charge in [0.1, 0.15) is 45.6 Å². The summed E-state index contributed by atoms with van der Waals surface area (Å²) in [5, 5.41) is 4.13. The Labute approximate surface area is 181 Å². The number of nitrogens with two attached hydrogens (primary N) is 1. The molecule has 29 heavy (non-hydrogen) atoms. The van der Waals surface area contributed by atoms with E-state index >= 15 is 0 Å². The molecule has 0 spiro atoms. The number of rotatable bonds is 2. The monoisotopic (exact) mass is 454 g/mol. The van der Waals surface area contributed by atoms with Crippen molar-refractivity contribution in [3.05, 3.63) is 65.3 Å². The maximum Gasteiger partial charge on any atom is 0.149 e. The summed E-state index contributed by atoms with van der Waals surface area (Å²) in [5.74, 6) is 1.92. The molecule has 152 valence electrons. The fourth-order valence-electron chi connectivity index (χ4n) is 1.76. The Kier molecular flexibility index (Phi) is 8.59. The second-order valence-electron chi connectivity index (χ2n) is 5.40. The van der Waals surface area contributed by atoms with Crippen LogP contribution in [0.1, 0.15) is 0 Å². The molecular weight excluding hydrogens is 439 g/mol. The lowest BCUT2D eigenvalue weighted by atomic mass is 10.5. The van der Waals surface area contributed by atoms with Crippen molar-refractivity contribution < 1.29 is 0 Å². The zero-order chi connectivity index (χ0) is 21.2. The molecule has 0 amide bonds. The highest BCUT2D eigenvalue weighted by atomic mass is 35.5. The van der Waals surface area contributed by atoms with E-state index in [0.29, 0.717) is 27.1 Å². The largest absolute Gasteiger partial charge is 0.382 e. The van der Waals surface area contributed by atoms with E-state index in [1.54, 1.807) is 29.5 Å². The third-order valence-corrected chi connectivity index (χ3v) is 3.54. The molecule has 0 saturated heterocycles. The number of hydrogen-bond donors (Lipinski definition) is 2. The van der Waals surface area contributed by atoms with Gasteiger partial charge in [-0.25, -0.2) is 29.9 Å². The SMILES string of the molecule is Clc1cc(Cl)ncn1.Cn1cnc(N)c1.Cn1cnc(Nc2cc(Cl)ncn2)c1. The van der Waals surface area contributed by atoms with Crippen molar-refractivity contribution in [1.29, 1.82) is 0 Å². The Hall–Kier alpha value is -2.95. The maximum absolute atomic E-state index is 5.70. The van der Waals surface area contributed by atoms with Gasteiger partial charge in [-0.05, 0) is 0 Å². The minimum Gasteiger partial charge on any atom is -0.382 e. The fourth-order valence-corrected chi connectivity index (χ4v) is 2.25. The van der Waals surface area contributed by atoms with Crippen LogP contribution in [0.5, 0.6) is 0 Å². The van der Waals surface area contributed by atoms with Crippen molar-refractivity contribution in [2.45, 2.75) is 0 Å².